The van der Waals surface area contributed by atoms with Crippen molar-refractivity contribution >= 4 is 39.1 Å². The number of ether oxygens (including phenoxy) is 1. The molecule has 2 atom stereocenters. The molecule has 1 aliphatic rings. The predicted molar refractivity (Wildman–Crippen MR) is 114 cm³/mol. The first kappa shape index (κ1) is 22.3. The van der Waals surface area contributed by atoms with Crippen molar-refractivity contribution in [1.82, 2.24) is 4.31 Å². The maximum atomic E-state index is 13.4. The number of methoxy groups -OCH3 is 1. The lowest BCUT2D eigenvalue weighted by Gasteiger charge is -2.31. The molecule has 0 aromatic heterocycles. The Labute approximate surface area is 181 Å². The number of hydrogen-bond acceptors (Lipinski definition) is 5. The van der Waals surface area contributed by atoms with E-state index in [-0.39, 0.29) is 11.3 Å². The lowest BCUT2D eigenvalue weighted by atomic mass is 10.2. The maximum Gasteiger partial charge on any atom is 0.252 e. The van der Waals surface area contributed by atoms with Crippen molar-refractivity contribution in [2.24, 2.45) is 0 Å². The molecule has 3 rings (SSSR count). The number of nitrogens with zero attached hydrogens (tertiary/aromatic N) is 2. The fourth-order valence-corrected chi connectivity index (χ4v) is 5.41. The maximum absolute atomic E-state index is 13.4. The van der Waals surface area contributed by atoms with Gasteiger partial charge in [0, 0.05) is 11.1 Å². The smallest absolute Gasteiger partial charge is 0.252 e. The Kier molecular flexibility index (Phi) is 6.50. The van der Waals surface area contributed by atoms with Gasteiger partial charge in [0.2, 0.25) is 15.9 Å². The molecule has 2 aromatic rings. The van der Waals surface area contributed by atoms with E-state index in [9.17, 15) is 18.0 Å². The van der Waals surface area contributed by atoms with Gasteiger partial charge in [-0.05, 0) is 61.9 Å². The average molecular weight is 451 g/mol. The second kappa shape index (κ2) is 8.75. The first-order chi connectivity index (χ1) is 14.2. The molecule has 9 heteroatoms. The molecule has 2 amide bonds. The van der Waals surface area contributed by atoms with E-state index >= 15 is 0 Å². The Morgan fingerprint density at radius 1 is 1.13 bits per heavy atom. The van der Waals surface area contributed by atoms with E-state index in [1.807, 2.05) is 6.92 Å². The highest BCUT2D eigenvalue weighted by Gasteiger charge is 2.48. The summed E-state index contributed by atoms with van der Waals surface area (Å²) in [4.78, 5) is 27.0. The van der Waals surface area contributed by atoms with Gasteiger partial charge in [-0.25, -0.2) is 13.3 Å². The van der Waals surface area contributed by atoms with Gasteiger partial charge in [-0.15, -0.1) is 0 Å². The van der Waals surface area contributed by atoms with Crippen LogP contribution in [0.2, 0.25) is 5.02 Å². The summed E-state index contributed by atoms with van der Waals surface area (Å²) in [5.74, 6) is -0.432. The quantitative estimate of drug-likeness (QED) is 0.603. The first-order valence-corrected chi connectivity index (χ1v) is 11.3. The van der Waals surface area contributed by atoms with Crippen molar-refractivity contribution in [3.05, 3.63) is 53.6 Å². The number of carbonyl (C=O) groups excluding carboxylic acids is 2. The normalized spacial score (nSPS) is 18.2. The van der Waals surface area contributed by atoms with E-state index < -0.39 is 33.9 Å². The molecule has 0 spiro atoms. The number of carbonyl (C=O) groups is 2. The molecule has 1 fully saturated rings. The Morgan fingerprint density at radius 3 is 2.27 bits per heavy atom. The third-order valence-corrected chi connectivity index (χ3v) is 7.46. The number of sulfonamides is 1. The van der Waals surface area contributed by atoms with Crippen molar-refractivity contribution in [3.63, 3.8) is 0 Å². The van der Waals surface area contributed by atoms with Gasteiger partial charge in [0.1, 0.15) is 11.8 Å². The highest BCUT2D eigenvalue weighted by molar-refractivity contribution is 7.89. The van der Waals surface area contributed by atoms with Gasteiger partial charge in [0.25, 0.3) is 5.91 Å². The van der Waals surface area contributed by atoms with Crippen molar-refractivity contribution in [1.29, 1.82) is 0 Å². The van der Waals surface area contributed by atoms with Crippen molar-refractivity contribution in [2.75, 3.05) is 12.0 Å². The third-order valence-electron chi connectivity index (χ3n) is 5.17. The van der Waals surface area contributed by atoms with E-state index in [1.54, 1.807) is 31.2 Å². The molecule has 7 nitrogen and oxygen atoms in total. The molecule has 30 heavy (non-hydrogen) atoms. The van der Waals surface area contributed by atoms with E-state index in [2.05, 4.69) is 0 Å². The Hall–Kier alpha value is -2.42. The van der Waals surface area contributed by atoms with Crippen LogP contribution < -0.4 is 9.64 Å². The van der Waals surface area contributed by atoms with Crippen molar-refractivity contribution in [2.45, 2.75) is 43.7 Å². The van der Waals surface area contributed by atoms with Crippen LogP contribution >= 0.6 is 11.6 Å². The summed E-state index contributed by atoms with van der Waals surface area (Å²) < 4.78 is 33.0. The summed E-state index contributed by atoms with van der Waals surface area (Å²) in [6, 6.07) is 10.6. The Morgan fingerprint density at radius 2 is 1.73 bits per heavy atom. The number of hydrogen-bond donors (Lipinski definition) is 0. The van der Waals surface area contributed by atoms with Crippen LogP contribution in [-0.2, 0) is 19.6 Å². The summed E-state index contributed by atoms with van der Waals surface area (Å²) >= 11 is 5.89. The fourth-order valence-electron chi connectivity index (χ4n) is 3.44. The van der Waals surface area contributed by atoms with Crippen LogP contribution in [0.4, 0.5) is 5.69 Å². The summed E-state index contributed by atoms with van der Waals surface area (Å²) in [5, 5.41) is 0.404. The topological polar surface area (TPSA) is 84.0 Å². The molecule has 0 radical (unpaired) electrons. The Bertz CT molecular complexity index is 1040. The van der Waals surface area contributed by atoms with Gasteiger partial charge in [0.05, 0.1) is 24.1 Å². The highest BCUT2D eigenvalue weighted by atomic mass is 35.5. The Balaban J connectivity index is 1.99. The first-order valence-electron chi connectivity index (χ1n) is 9.50. The SMILES string of the molecule is CCC(C)N(C1CC(=O)N(c2ccc(OC)cc2)C1=O)S(=O)(=O)c1ccc(Cl)cc1. The lowest BCUT2D eigenvalue weighted by molar-refractivity contribution is -0.122. The highest BCUT2D eigenvalue weighted by Crippen LogP contribution is 2.32. The molecular formula is C21H23ClN2O5S. The van der Waals surface area contributed by atoms with E-state index in [0.717, 1.165) is 9.21 Å². The van der Waals surface area contributed by atoms with Gasteiger partial charge < -0.3 is 4.74 Å². The minimum absolute atomic E-state index is 0.0235. The largest absolute Gasteiger partial charge is 0.497 e. The van der Waals surface area contributed by atoms with Gasteiger partial charge >= 0.3 is 0 Å². The number of imide groups is 1. The van der Waals surface area contributed by atoms with Crippen LogP contribution in [0.25, 0.3) is 0 Å². The zero-order chi connectivity index (χ0) is 22.1. The summed E-state index contributed by atoms with van der Waals surface area (Å²) in [6.45, 7) is 3.55. The summed E-state index contributed by atoms with van der Waals surface area (Å²) in [5.41, 5.74) is 0.376. The standard InChI is InChI=1S/C21H23ClN2O5S/c1-4-14(2)24(30(27,28)18-11-5-15(22)6-12-18)19-13-20(25)23(21(19)26)16-7-9-17(29-3)10-8-16/h5-12,14,19H,4,13H2,1-3H3. The van der Waals surface area contributed by atoms with Crippen LogP contribution in [0.3, 0.4) is 0 Å². The van der Waals surface area contributed by atoms with Crippen LogP contribution in [-0.4, -0.2) is 43.7 Å². The fraction of sp³-hybridized carbons (Fsp3) is 0.333. The average Bonchev–Trinajstić information content (AvgIpc) is 3.01. The molecule has 160 valence electrons. The molecule has 2 aromatic carbocycles. The lowest BCUT2D eigenvalue weighted by Crippen LogP contribution is -2.49. The van der Waals surface area contributed by atoms with E-state index in [4.69, 9.17) is 16.3 Å². The van der Waals surface area contributed by atoms with Gasteiger partial charge in [-0.1, -0.05) is 18.5 Å². The van der Waals surface area contributed by atoms with Gasteiger partial charge in [-0.2, -0.15) is 4.31 Å². The van der Waals surface area contributed by atoms with E-state index in [0.29, 0.717) is 22.9 Å². The summed E-state index contributed by atoms with van der Waals surface area (Å²) in [7, 11) is -2.51. The molecule has 2 unspecified atom stereocenters. The van der Waals surface area contributed by atoms with Crippen LogP contribution in [0.5, 0.6) is 5.75 Å². The summed E-state index contributed by atoms with van der Waals surface area (Å²) in [6.07, 6.45) is 0.259. The molecular weight excluding hydrogens is 428 g/mol. The number of benzene rings is 2. The second-order valence-corrected chi connectivity index (χ2v) is 9.31. The second-order valence-electron chi connectivity index (χ2n) is 7.03. The minimum atomic E-state index is -4.03. The molecule has 0 bridgehead atoms. The molecule has 1 heterocycles. The molecule has 0 saturated carbocycles. The monoisotopic (exact) mass is 450 g/mol. The van der Waals surface area contributed by atoms with Crippen LogP contribution in [0, 0.1) is 0 Å². The minimum Gasteiger partial charge on any atom is -0.497 e. The molecule has 0 aliphatic carbocycles. The van der Waals surface area contributed by atoms with Crippen LogP contribution in [0.15, 0.2) is 53.4 Å². The predicted octanol–water partition coefficient (Wildman–Crippen LogP) is 3.47. The number of rotatable bonds is 7. The van der Waals surface area contributed by atoms with Crippen LogP contribution in [0.1, 0.15) is 26.7 Å². The zero-order valence-electron chi connectivity index (χ0n) is 16.9. The number of amides is 2. The van der Waals surface area contributed by atoms with Crippen molar-refractivity contribution < 1.29 is 22.7 Å². The number of anilines is 1. The molecule has 1 aliphatic heterocycles. The number of halogens is 1. The third kappa shape index (κ3) is 4.08. The van der Waals surface area contributed by atoms with Crippen molar-refractivity contribution in [3.8, 4) is 5.75 Å². The molecule has 0 N–H and O–H groups in total. The molecule has 1 saturated heterocycles. The van der Waals surface area contributed by atoms with E-state index in [1.165, 1.54) is 31.4 Å². The zero-order valence-corrected chi connectivity index (χ0v) is 18.5. The van der Waals surface area contributed by atoms with Gasteiger partial charge in [0.15, 0.2) is 0 Å². The van der Waals surface area contributed by atoms with Gasteiger partial charge in [-0.3, -0.25) is 9.59 Å².